The van der Waals surface area contributed by atoms with Crippen LogP contribution in [0.2, 0.25) is 0 Å². The fourth-order valence-electron chi connectivity index (χ4n) is 5.20. The quantitative estimate of drug-likeness (QED) is 0.413. The monoisotopic (exact) mass is 489 g/mol. The molecule has 0 aliphatic carbocycles. The number of aromatic hydroxyl groups is 2. The zero-order chi connectivity index (χ0) is 25.2. The van der Waals surface area contributed by atoms with E-state index in [2.05, 4.69) is 11.8 Å². The first-order valence-corrected chi connectivity index (χ1v) is 12.5. The van der Waals surface area contributed by atoms with E-state index in [1.54, 1.807) is 36.4 Å². The Labute approximate surface area is 211 Å². The molecule has 5 nitrogen and oxygen atoms in total. The number of halogens is 1. The number of alkyl halides is 1. The van der Waals surface area contributed by atoms with E-state index in [1.165, 1.54) is 0 Å². The van der Waals surface area contributed by atoms with Crippen molar-refractivity contribution in [3.8, 4) is 23.0 Å². The van der Waals surface area contributed by atoms with E-state index in [4.69, 9.17) is 9.47 Å². The van der Waals surface area contributed by atoms with Crippen molar-refractivity contribution < 1.29 is 24.1 Å². The van der Waals surface area contributed by atoms with Crippen LogP contribution in [-0.4, -0.2) is 47.5 Å². The first-order chi connectivity index (χ1) is 17.4. The van der Waals surface area contributed by atoms with Gasteiger partial charge in [-0.2, -0.15) is 0 Å². The lowest BCUT2D eigenvalue weighted by Crippen LogP contribution is -2.39. The summed E-state index contributed by atoms with van der Waals surface area (Å²) >= 11 is 0. The third kappa shape index (κ3) is 4.91. The van der Waals surface area contributed by atoms with Crippen molar-refractivity contribution in [3.63, 3.8) is 0 Å². The van der Waals surface area contributed by atoms with E-state index >= 15 is 0 Å². The summed E-state index contributed by atoms with van der Waals surface area (Å²) in [7, 11) is 0. The molecule has 5 rings (SSSR count). The Morgan fingerprint density at radius 2 is 1.83 bits per heavy atom. The van der Waals surface area contributed by atoms with Crippen LogP contribution in [0.3, 0.4) is 0 Å². The minimum atomic E-state index is -0.424. The number of allylic oxidation sites excluding steroid dienone is 1. The van der Waals surface area contributed by atoms with Gasteiger partial charge in [-0.15, -0.1) is 0 Å². The molecule has 0 amide bonds. The van der Waals surface area contributed by atoms with Crippen molar-refractivity contribution in [1.82, 2.24) is 4.90 Å². The molecule has 0 radical (unpaired) electrons. The lowest BCUT2D eigenvalue weighted by Gasteiger charge is -2.31. The molecule has 0 bridgehead atoms. The Bertz CT molecular complexity index is 1260. The van der Waals surface area contributed by atoms with Crippen molar-refractivity contribution in [3.05, 3.63) is 83.4 Å². The normalized spacial score (nSPS) is 20.6. The number of rotatable bonds is 7. The average Bonchev–Trinajstić information content (AvgIpc) is 3.31. The predicted molar refractivity (Wildman–Crippen MR) is 139 cm³/mol. The highest BCUT2D eigenvalue weighted by molar-refractivity contribution is 5.95. The fourth-order valence-corrected chi connectivity index (χ4v) is 5.20. The van der Waals surface area contributed by atoms with Crippen molar-refractivity contribution in [2.45, 2.75) is 32.4 Å². The molecule has 2 N–H and O–H groups in total. The molecule has 188 valence electrons. The average molecular weight is 490 g/mol. The Morgan fingerprint density at radius 1 is 1.06 bits per heavy atom. The molecular weight excluding hydrogens is 457 g/mol. The second kappa shape index (κ2) is 10.2. The summed E-state index contributed by atoms with van der Waals surface area (Å²) in [5.41, 5.74) is 4.47. The molecule has 3 aromatic rings. The molecule has 36 heavy (non-hydrogen) atoms. The molecule has 0 saturated carbocycles. The Balaban J connectivity index is 1.40. The summed E-state index contributed by atoms with van der Waals surface area (Å²) in [5.74, 6) is 2.31. The molecule has 2 aliphatic heterocycles. The molecule has 3 aromatic carbocycles. The van der Waals surface area contributed by atoms with Crippen LogP contribution in [0.15, 0.2) is 66.7 Å². The minimum absolute atomic E-state index is 0.168. The van der Waals surface area contributed by atoms with Crippen LogP contribution in [0.1, 0.15) is 43.1 Å². The molecule has 1 saturated heterocycles. The van der Waals surface area contributed by atoms with Gasteiger partial charge in [0.25, 0.3) is 0 Å². The van der Waals surface area contributed by atoms with Crippen molar-refractivity contribution in [2.75, 3.05) is 26.4 Å². The van der Waals surface area contributed by atoms with Gasteiger partial charge in [0.2, 0.25) is 0 Å². The van der Waals surface area contributed by atoms with Gasteiger partial charge in [0.1, 0.15) is 42.4 Å². The molecule has 2 aliphatic rings. The van der Waals surface area contributed by atoms with Crippen LogP contribution in [0.5, 0.6) is 23.0 Å². The largest absolute Gasteiger partial charge is 0.508 e. The van der Waals surface area contributed by atoms with E-state index in [0.717, 1.165) is 47.3 Å². The van der Waals surface area contributed by atoms with Gasteiger partial charge in [-0.1, -0.05) is 31.2 Å². The van der Waals surface area contributed by atoms with E-state index in [-0.39, 0.29) is 17.5 Å². The van der Waals surface area contributed by atoms with E-state index in [1.807, 2.05) is 37.3 Å². The molecule has 0 spiro atoms. The topological polar surface area (TPSA) is 62.2 Å². The summed E-state index contributed by atoms with van der Waals surface area (Å²) in [6, 6.07) is 19.7. The highest BCUT2D eigenvalue weighted by atomic mass is 19.1. The van der Waals surface area contributed by atoms with Gasteiger partial charge < -0.3 is 19.7 Å². The predicted octanol–water partition coefficient (Wildman–Crippen LogP) is 6.22. The second-order valence-corrected chi connectivity index (χ2v) is 9.84. The first-order valence-electron chi connectivity index (χ1n) is 12.5. The summed E-state index contributed by atoms with van der Waals surface area (Å²) in [5, 5.41) is 20.2. The molecular formula is C30H32FNO4. The van der Waals surface area contributed by atoms with Gasteiger partial charge in [-0.25, -0.2) is 4.39 Å². The van der Waals surface area contributed by atoms with Gasteiger partial charge in [0.05, 0.1) is 6.04 Å². The highest BCUT2D eigenvalue weighted by Gasteiger charge is 2.30. The smallest absolute Gasteiger partial charge is 0.150 e. The SMILES string of the molecule is CC1=C(c2cccc(O)c2)C(c2ccc(OC[C@H](CF)N3CC[C@@H](C)C3)cc2)Oc2ccc(O)cc21. The summed E-state index contributed by atoms with van der Waals surface area (Å²) in [6.45, 7) is 5.92. The van der Waals surface area contributed by atoms with Gasteiger partial charge in [-0.05, 0) is 85.0 Å². The molecule has 3 atom stereocenters. The third-order valence-electron chi connectivity index (χ3n) is 7.21. The number of phenols is 2. The maximum absolute atomic E-state index is 13.7. The molecule has 1 fully saturated rings. The van der Waals surface area contributed by atoms with E-state index in [9.17, 15) is 14.6 Å². The van der Waals surface area contributed by atoms with Crippen LogP contribution in [-0.2, 0) is 0 Å². The van der Waals surface area contributed by atoms with Crippen LogP contribution < -0.4 is 9.47 Å². The Morgan fingerprint density at radius 3 is 2.53 bits per heavy atom. The van der Waals surface area contributed by atoms with E-state index < -0.39 is 12.8 Å². The van der Waals surface area contributed by atoms with Crippen LogP contribution >= 0.6 is 0 Å². The summed E-state index contributed by atoms with van der Waals surface area (Å²) in [4.78, 5) is 2.18. The number of nitrogens with zero attached hydrogens (tertiary/aromatic N) is 1. The number of ether oxygens (including phenoxy) is 2. The standard InChI is InChI=1S/C30H32FNO4/c1-19-12-13-32(17-19)23(16-31)18-35-26-9-6-21(7-10-26)30-29(22-4-3-5-24(33)14-22)20(2)27-15-25(34)8-11-28(27)36-30/h3-11,14-15,19,23,30,33-34H,12-13,16-18H2,1-2H3/t19-,23+,30?/m1/s1. The number of benzene rings is 3. The summed E-state index contributed by atoms with van der Waals surface area (Å²) < 4.78 is 26.1. The van der Waals surface area contributed by atoms with Crippen molar-refractivity contribution in [1.29, 1.82) is 0 Å². The van der Waals surface area contributed by atoms with Crippen LogP contribution in [0.25, 0.3) is 11.1 Å². The Kier molecular flexibility index (Phi) is 6.88. The number of hydrogen-bond donors (Lipinski definition) is 2. The summed E-state index contributed by atoms with van der Waals surface area (Å²) in [6.07, 6.45) is 0.687. The first kappa shape index (κ1) is 24.2. The fraction of sp³-hybridized carbons (Fsp3) is 0.333. The van der Waals surface area contributed by atoms with Crippen molar-refractivity contribution in [2.24, 2.45) is 5.92 Å². The highest BCUT2D eigenvalue weighted by Crippen LogP contribution is 2.47. The maximum atomic E-state index is 13.7. The number of likely N-dealkylation sites (tertiary alicyclic amines) is 1. The molecule has 1 unspecified atom stereocenters. The number of phenolic OH excluding ortho intramolecular Hbond substituents is 2. The Hall–Kier alpha value is -3.51. The van der Waals surface area contributed by atoms with Crippen molar-refractivity contribution >= 4 is 11.1 Å². The molecule has 2 heterocycles. The zero-order valence-corrected chi connectivity index (χ0v) is 20.7. The minimum Gasteiger partial charge on any atom is -0.508 e. The van der Waals surface area contributed by atoms with Crippen LogP contribution in [0.4, 0.5) is 4.39 Å². The van der Waals surface area contributed by atoms with Gasteiger partial charge in [0.15, 0.2) is 0 Å². The van der Waals surface area contributed by atoms with Crippen LogP contribution in [0, 0.1) is 5.92 Å². The third-order valence-corrected chi connectivity index (χ3v) is 7.21. The molecule has 0 aromatic heterocycles. The van der Waals surface area contributed by atoms with E-state index in [0.29, 0.717) is 24.0 Å². The van der Waals surface area contributed by atoms with Gasteiger partial charge in [-0.3, -0.25) is 4.90 Å². The molecule has 6 heteroatoms. The lowest BCUT2D eigenvalue weighted by molar-refractivity contribution is 0.132. The lowest BCUT2D eigenvalue weighted by atomic mass is 9.86. The second-order valence-electron chi connectivity index (χ2n) is 9.84. The number of hydrogen-bond acceptors (Lipinski definition) is 5. The zero-order valence-electron chi connectivity index (χ0n) is 20.7. The van der Waals surface area contributed by atoms with Gasteiger partial charge in [0, 0.05) is 17.7 Å². The van der Waals surface area contributed by atoms with Gasteiger partial charge >= 0.3 is 0 Å². The number of fused-ring (bicyclic) bond motifs is 1. The maximum Gasteiger partial charge on any atom is 0.150 e.